The van der Waals surface area contributed by atoms with Crippen LogP contribution in [0.1, 0.15) is 40.0 Å². The third kappa shape index (κ3) is 2.71. The van der Waals surface area contributed by atoms with Crippen LogP contribution < -0.4 is 5.32 Å². The highest BCUT2D eigenvalue weighted by Gasteiger charge is 2.29. The molecule has 0 radical (unpaired) electrons. The standard InChI is InChI=1S/C11H21NO2/c1-7(2)10(11(13)14)12-8(3)9-5-4-6-9/h7-10,12H,4-6H2,1-3H3,(H,13,14). The van der Waals surface area contributed by atoms with Crippen molar-refractivity contribution in [2.75, 3.05) is 0 Å². The minimum absolute atomic E-state index is 0.148. The predicted octanol–water partition coefficient (Wildman–Crippen LogP) is 1.87. The molecule has 1 aliphatic rings. The highest BCUT2D eigenvalue weighted by molar-refractivity contribution is 5.73. The molecule has 1 aliphatic carbocycles. The molecule has 0 aromatic carbocycles. The zero-order valence-corrected chi connectivity index (χ0v) is 9.29. The summed E-state index contributed by atoms with van der Waals surface area (Å²) in [6.45, 7) is 5.99. The number of hydrogen-bond donors (Lipinski definition) is 2. The Kier molecular flexibility index (Phi) is 3.93. The molecular formula is C11H21NO2. The van der Waals surface area contributed by atoms with E-state index >= 15 is 0 Å². The molecule has 2 unspecified atom stereocenters. The summed E-state index contributed by atoms with van der Waals surface area (Å²) in [5.74, 6) is 0.108. The van der Waals surface area contributed by atoms with Crippen LogP contribution in [0.4, 0.5) is 0 Å². The van der Waals surface area contributed by atoms with E-state index < -0.39 is 12.0 Å². The third-order valence-electron chi connectivity index (χ3n) is 3.23. The second-order valence-corrected chi connectivity index (χ2v) is 4.71. The van der Waals surface area contributed by atoms with E-state index in [2.05, 4.69) is 12.2 Å². The van der Waals surface area contributed by atoms with Crippen LogP contribution in [0.2, 0.25) is 0 Å². The Balaban J connectivity index is 2.41. The maximum Gasteiger partial charge on any atom is 0.320 e. The summed E-state index contributed by atoms with van der Waals surface area (Å²) >= 11 is 0. The average Bonchev–Trinajstić information content (AvgIpc) is 1.95. The van der Waals surface area contributed by atoms with Crippen LogP contribution in [-0.2, 0) is 4.79 Å². The summed E-state index contributed by atoms with van der Waals surface area (Å²) in [5.41, 5.74) is 0. The summed E-state index contributed by atoms with van der Waals surface area (Å²) < 4.78 is 0. The summed E-state index contributed by atoms with van der Waals surface area (Å²) in [6.07, 6.45) is 3.80. The summed E-state index contributed by atoms with van der Waals surface area (Å²) in [5, 5.41) is 12.2. The van der Waals surface area contributed by atoms with Gasteiger partial charge in [-0.15, -0.1) is 0 Å². The van der Waals surface area contributed by atoms with Crippen LogP contribution in [0, 0.1) is 11.8 Å². The zero-order valence-electron chi connectivity index (χ0n) is 9.29. The monoisotopic (exact) mass is 199 g/mol. The molecule has 1 rings (SSSR count). The molecular weight excluding hydrogens is 178 g/mol. The van der Waals surface area contributed by atoms with Gasteiger partial charge in [0.05, 0.1) is 0 Å². The summed E-state index contributed by atoms with van der Waals surface area (Å²) in [7, 11) is 0. The Morgan fingerprint density at radius 2 is 1.93 bits per heavy atom. The molecule has 0 aromatic heterocycles. The van der Waals surface area contributed by atoms with Crippen molar-refractivity contribution in [2.24, 2.45) is 11.8 Å². The fraction of sp³-hybridized carbons (Fsp3) is 0.909. The number of carboxylic acids is 1. The maximum atomic E-state index is 10.9. The molecule has 3 nitrogen and oxygen atoms in total. The number of hydrogen-bond acceptors (Lipinski definition) is 2. The molecule has 0 saturated heterocycles. The predicted molar refractivity (Wildman–Crippen MR) is 56.2 cm³/mol. The molecule has 0 bridgehead atoms. The van der Waals surface area contributed by atoms with Crippen LogP contribution in [0.15, 0.2) is 0 Å². The van der Waals surface area contributed by atoms with Gasteiger partial charge in [-0.2, -0.15) is 0 Å². The second-order valence-electron chi connectivity index (χ2n) is 4.71. The summed E-state index contributed by atoms with van der Waals surface area (Å²) in [6, 6.07) is -0.0575. The Morgan fingerprint density at radius 1 is 1.36 bits per heavy atom. The number of carboxylic acid groups (broad SMARTS) is 1. The van der Waals surface area contributed by atoms with Gasteiger partial charge in [-0.05, 0) is 31.6 Å². The first-order valence-electron chi connectivity index (χ1n) is 5.51. The fourth-order valence-corrected chi connectivity index (χ4v) is 1.91. The Labute approximate surface area is 85.9 Å². The fourth-order valence-electron chi connectivity index (χ4n) is 1.91. The smallest absolute Gasteiger partial charge is 0.320 e. The minimum atomic E-state index is -0.730. The quantitative estimate of drug-likeness (QED) is 0.710. The number of rotatable bonds is 5. The first-order chi connectivity index (χ1) is 6.52. The molecule has 2 atom stereocenters. The lowest BCUT2D eigenvalue weighted by atomic mass is 9.80. The molecule has 82 valence electrons. The topological polar surface area (TPSA) is 49.3 Å². The van der Waals surface area contributed by atoms with Crippen molar-refractivity contribution in [1.29, 1.82) is 0 Å². The van der Waals surface area contributed by atoms with E-state index in [4.69, 9.17) is 5.11 Å². The van der Waals surface area contributed by atoms with Gasteiger partial charge in [-0.25, -0.2) is 0 Å². The lowest BCUT2D eigenvalue weighted by Gasteiger charge is -2.34. The van der Waals surface area contributed by atoms with Crippen molar-refractivity contribution in [3.8, 4) is 0 Å². The molecule has 1 saturated carbocycles. The van der Waals surface area contributed by atoms with Gasteiger partial charge in [0.2, 0.25) is 0 Å². The van der Waals surface area contributed by atoms with Crippen molar-refractivity contribution in [3.63, 3.8) is 0 Å². The highest BCUT2D eigenvalue weighted by Crippen LogP contribution is 2.29. The lowest BCUT2D eigenvalue weighted by molar-refractivity contribution is -0.141. The average molecular weight is 199 g/mol. The molecule has 0 spiro atoms. The lowest BCUT2D eigenvalue weighted by Crippen LogP contribution is -2.49. The van der Waals surface area contributed by atoms with Crippen molar-refractivity contribution in [1.82, 2.24) is 5.32 Å². The molecule has 14 heavy (non-hydrogen) atoms. The molecule has 2 N–H and O–H groups in total. The van der Waals surface area contributed by atoms with Crippen LogP contribution in [-0.4, -0.2) is 23.2 Å². The molecule has 0 aromatic rings. The van der Waals surface area contributed by atoms with Crippen molar-refractivity contribution >= 4 is 5.97 Å². The normalized spacial score (nSPS) is 21.7. The molecule has 1 fully saturated rings. The van der Waals surface area contributed by atoms with Gasteiger partial charge in [0.15, 0.2) is 0 Å². The van der Waals surface area contributed by atoms with Crippen molar-refractivity contribution in [3.05, 3.63) is 0 Å². The van der Waals surface area contributed by atoms with E-state index in [1.807, 2.05) is 13.8 Å². The van der Waals surface area contributed by atoms with Crippen molar-refractivity contribution < 1.29 is 9.90 Å². The number of nitrogens with one attached hydrogen (secondary N) is 1. The van der Waals surface area contributed by atoms with Gasteiger partial charge >= 0.3 is 5.97 Å². The Hall–Kier alpha value is -0.570. The maximum absolute atomic E-state index is 10.9. The first-order valence-corrected chi connectivity index (χ1v) is 5.51. The van der Waals surface area contributed by atoms with E-state index in [1.54, 1.807) is 0 Å². The largest absolute Gasteiger partial charge is 0.480 e. The number of aliphatic carboxylic acids is 1. The van der Waals surface area contributed by atoms with Crippen LogP contribution in [0.5, 0.6) is 0 Å². The van der Waals surface area contributed by atoms with Gasteiger partial charge in [0, 0.05) is 6.04 Å². The molecule has 3 heteroatoms. The highest BCUT2D eigenvalue weighted by atomic mass is 16.4. The van der Waals surface area contributed by atoms with Gasteiger partial charge in [0.1, 0.15) is 6.04 Å². The van der Waals surface area contributed by atoms with E-state index in [9.17, 15) is 4.79 Å². The Bertz CT molecular complexity index is 199. The molecule has 0 aliphatic heterocycles. The zero-order chi connectivity index (χ0) is 10.7. The second kappa shape index (κ2) is 4.78. The van der Waals surface area contributed by atoms with Gasteiger partial charge < -0.3 is 10.4 Å². The molecule has 0 amide bonds. The van der Waals surface area contributed by atoms with E-state index in [1.165, 1.54) is 19.3 Å². The van der Waals surface area contributed by atoms with Crippen molar-refractivity contribution in [2.45, 2.75) is 52.1 Å². The van der Waals surface area contributed by atoms with Crippen LogP contribution in [0.3, 0.4) is 0 Å². The van der Waals surface area contributed by atoms with Gasteiger partial charge in [-0.1, -0.05) is 20.3 Å². The number of carbonyl (C=O) groups is 1. The van der Waals surface area contributed by atoms with Gasteiger partial charge in [-0.3, -0.25) is 4.79 Å². The molecule has 0 heterocycles. The van der Waals surface area contributed by atoms with E-state index in [-0.39, 0.29) is 5.92 Å². The van der Waals surface area contributed by atoms with E-state index in [0.29, 0.717) is 12.0 Å². The Morgan fingerprint density at radius 3 is 2.21 bits per heavy atom. The first kappa shape index (κ1) is 11.5. The van der Waals surface area contributed by atoms with E-state index in [0.717, 1.165) is 0 Å². The SMILES string of the molecule is CC(C)C(NC(C)C1CCC1)C(=O)O. The third-order valence-corrected chi connectivity index (χ3v) is 3.23. The van der Waals surface area contributed by atoms with Gasteiger partial charge in [0.25, 0.3) is 0 Å². The minimum Gasteiger partial charge on any atom is -0.480 e. The van der Waals surface area contributed by atoms with Crippen LogP contribution >= 0.6 is 0 Å². The summed E-state index contributed by atoms with van der Waals surface area (Å²) in [4.78, 5) is 10.9. The van der Waals surface area contributed by atoms with Crippen LogP contribution in [0.25, 0.3) is 0 Å².